The molecule has 3 aliphatic rings. The van der Waals surface area contributed by atoms with Crippen molar-refractivity contribution in [1.82, 2.24) is 10.1 Å². The van der Waals surface area contributed by atoms with Crippen LogP contribution in [0.5, 0.6) is 0 Å². The zero-order valence-corrected chi connectivity index (χ0v) is 12.8. The summed E-state index contributed by atoms with van der Waals surface area (Å²) in [6, 6.07) is 3.35. The van der Waals surface area contributed by atoms with E-state index in [0.29, 0.717) is 17.1 Å². The average molecular weight is 325 g/mol. The van der Waals surface area contributed by atoms with Gasteiger partial charge in [0.1, 0.15) is 5.56 Å². The van der Waals surface area contributed by atoms with Gasteiger partial charge in [0.2, 0.25) is 0 Å². The fourth-order valence-corrected chi connectivity index (χ4v) is 3.86. The molecule has 2 aromatic rings. The lowest BCUT2D eigenvalue weighted by atomic mass is 9.84. The van der Waals surface area contributed by atoms with Gasteiger partial charge in [-0.25, -0.2) is 0 Å². The Hall–Kier alpha value is -1.76. The number of benzene rings is 1. The molecule has 124 valence electrons. The molecule has 1 N–H and O–H groups in total. The molecule has 7 heteroatoms. The summed E-state index contributed by atoms with van der Waals surface area (Å²) in [6.45, 7) is 4.57. The number of fused-ring (bicyclic) bond motifs is 4. The lowest BCUT2D eigenvalue weighted by Gasteiger charge is -2.44. The van der Waals surface area contributed by atoms with Gasteiger partial charge in [-0.3, -0.25) is 0 Å². The molecular weight excluding hydrogens is 307 g/mol. The van der Waals surface area contributed by atoms with Gasteiger partial charge < -0.3 is 14.7 Å². The van der Waals surface area contributed by atoms with Crippen molar-refractivity contribution in [1.29, 1.82) is 0 Å². The Morgan fingerprint density at radius 2 is 2.00 bits per heavy atom. The molecular formula is C16H18F3N3O. The average Bonchev–Trinajstić information content (AvgIpc) is 2.89. The van der Waals surface area contributed by atoms with Crippen molar-refractivity contribution in [2.24, 2.45) is 5.92 Å². The predicted molar refractivity (Wildman–Crippen MR) is 80.3 cm³/mol. The van der Waals surface area contributed by atoms with Crippen molar-refractivity contribution in [2.75, 3.05) is 25.0 Å². The van der Waals surface area contributed by atoms with Gasteiger partial charge in [0, 0.05) is 12.6 Å². The van der Waals surface area contributed by atoms with Crippen LogP contribution in [0.15, 0.2) is 16.7 Å². The van der Waals surface area contributed by atoms with Crippen LogP contribution >= 0.6 is 0 Å². The number of rotatable bonds is 2. The van der Waals surface area contributed by atoms with Gasteiger partial charge in [-0.1, -0.05) is 11.2 Å². The maximum absolute atomic E-state index is 13.3. The highest BCUT2D eigenvalue weighted by Gasteiger charge is 2.38. The molecule has 3 saturated heterocycles. The van der Waals surface area contributed by atoms with E-state index in [1.54, 1.807) is 6.07 Å². The van der Waals surface area contributed by atoms with Crippen LogP contribution in [0.3, 0.4) is 0 Å². The molecule has 2 bridgehead atoms. The summed E-state index contributed by atoms with van der Waals surface area (Å²) in [5.74, 6) is 0.975. The molecule has 1 atom stereocenters. The smallest absolute Gasteiger partial charge is 0.362 e. The zero-order chi connectivity index (χ0) is 16.2. The van der Waals surface area contributed by atoms with E-state index in [1.807, 2.05) is 0 Å². The predicted octanol–water partition coefficient (Wildman–Crippen LogP) is 3.66. The maximum atomic E-state index is 13.3. The Morgan fingerprint density at radius 1 is 1.26 bits per heavy atom. The fourth-order valence-electron chi connectivity index (χ4n) is 3.86. The highest BCUT2D eigenvalue weighted by Crippen LogP contribution is 2.40. The fraction of sp³-hybridized carbons (Fsp3) is 0.562. The maximum Gasteiger partial charge on any atom is 0.420 e. The van der Waals surface area contributed by atoms with E-state index >= 15 is 0 Å². The summed E-state index contributed by atoms with van der Waals surface area (Å²) in [7, 11) is 0. The first-order valence-corrected chi connectivity index (χ1v) is 7.88. The number of halogens is 3. The SMILES string of the molecule is Cc1ccc2c(NC3CN4CCC3CC4)noc2c1C(F)(F)F. The third-order valence-corrected chi connectivity index (χ3v) is 5.11. The van der Waals surface area contributed by atoms with E-state index in [2.05, 4.69) is 15.4 Å². The van der Waals surface area contributed by atoms with E-state index in [0.717, 1.165) is 32.5 Å². The molecule has 0 aliphatic carbocycles. The molecule has 5 rings (SSSR count). The lowest BCUT2D eigenvalue weighted by molar-refractivity contribution is -0.137. The van der Waals surface area contributed by atoms with E-state index < -0.39 is 11.7 Å². The van der Waals surface area contributed by atoms with Crippen LogP contribution in [0.1, 0.15) is 24.0 Å². The van der Waals surface area contributed by atoms with Crippen molar-refractivity contribution in [3.05, 3.63) is 23.3 Å². The van der Waals surface area contributed by atoms with Gasteiger partial charge in [-0.05, 0) is 50.4 Å². The molecule has 4 heterocycles. The first-order chi connectivity index (χ1) is 10.9. The van der Waals surface area contributed by atoms with Crippen molar-refractivity contribution in [3.63, 3.8) is 0 Å². The Bertz CT molecular complexity index is 732. The van der Waals surface area contributed by atoms with Crippen LogP contribution < -0.4 is 5.32 Å². The van der Waals surface area contributed by atoms with Crippen molar-refractivity contribution >= 4 is 16.8 Å². The molecule has 0 saturated carbocycles. The number of nitrogens with zero attached hydrogens (tertiary/aromatic N) is 2. The number of anilines is 1. The number of hydrogen-bond acceptors (Lipinski definition) is 4. The zero-order valence-electron chi connectivity index (χ0n) is 12.8. The normalized spacial score (nSPS) is 27.6. The number of alkyl halides is 3. The van der Waals surface area contributed by atoms with Crippen molar-refractivity contribution in [3.8, 4) is 0 Å². The monoisotopic (exact) mass is 325 g/mol. The summed E-state index contributed by atoms with van der Waals surface area (Å²) in [4.78, 5) is 2.38. The Labute approximate surface area is 131 Å². The molecule has 0 radical (unpaired) electrons. The van der Waals surface area contributed by atoms with E-state index in [9.17, 15) is 13.2 Å². The van der Waals surface area contributed by atoms with Crippen LogP contribution in [0.25, 0.3) is 11.0 Å². The summed E-state index contributed by atoms with van der Waals surface area (Å²) < 4.78 is 44.8. The Balaban J connectivity index is 1.69. The number of aromatic nitrogens is 1. The summed E-state index contributed by atoms with van der Waals surface area (Å²) in [5, 5.41) is 7.61. The standard InChI is InChI=1S/C16H18F3N3O/c1-9-2-3-11-14(13(9)16(17,18)19)23-21-15(11)20-12-8-22-6-4-10(12)5-7-22/h2-3,10,12H,4-8H2,1H3,(H,20,21). The number of hydrogen-bond donors (Lipinski definition) is 1. The second kappa shape index (κ2) is 5.12. The second-order valence-corrected chi connectivity index (χ2v) is 6.55. The Morgan fingerprint density at radius 3 is 2.61 bits per heavy atom. The van der Waals surface area contributed by atoms with Gasteiger partial charge in [0.05, 0.1) is 5.39 Å². The van der Waals surface area contributed by atoms with Crippen LogP contribution in [-0.2, 0) is 6.18 Å². The first-order valence-electron chi connectivity index (χ1n) is 7.88. The highest BCUT2D eigenvalue weighted by atomic mass is 19.4. The Kier molecular flexibility index (Phi) is 3.30. The van der Waals surface area contributed by atoms with Crippen molar-refractivity contribution < 1.29 is 17.7 Å². The van der Waals surface area contributed by atoms with Gasteiger partial charge in [0.15, 0.2) is 11.4 Å². The molecule has 3 fully saturated rings. The lowest BCUT2D eigenvalue weighted by Crippen LogP contribution is -2.53. The molecule has 23 heavy (non-hydrogen) atoms. The minimum atomic E-state index is -4.45. The van der Waals surface area contributed by atoms with Crippen LogP contribution in [-0.4, -0.2) is 35.7 Å². The largest absolute Gasteiger partial charge is 0.420 e. The van der Waals surface area contributed by atoms with Crippen molar-refractivity contribution in [2.45, 2.75) is 32.0 Å². The third kappa shape index (κ3) is 2.47. The van der Waals surface area contributed by atoms with Gasteiger partial charge in [-0.2, -0.15) is 13.2 Å². The molecule has 0 amide bonds. The molecule has 1 unspecified atom stereocenters. The topological polar surface area (TPSA) is 41.3 Å². The molecule has 1 aromatic heterocycles. The van der Waals surface area contributed by atoms with Gasteiger partial charge in [-0.15, -0.1) is 0 Å². The molecule has 4 nitrogen and oxygen atoms in total. The quantitative estimate of drug-likeness (QED) is 0.915. The van der Waals surface area contributed by atoms with Crippen LogP contribution in [0.2, 0.25) is 0 Å². The number of piperidine rings is 3. The van der Waals surface area contributed by atoms with Gasteiger partial charge in [0.25, 0.3) is 0 Å². The minimum absolute atomic E-state index is 0.149. The molecule has 3 aliphatic heterocycles. The highest BCUT2D eigenvalue weighted by molar-refractivity contribution is 5.91. The van der Waals surface area contributed by atoms with Crippen LogP contribution in [0, 0.1) is 12.8 Å². The third-order valence-electron chi connectivity index (χ3n) is 5.11. The van der Waals surface area contributed by atoms with E-state index in [1.165, 1.54) is 13.0 Å². The summed E-state index contributed by atoms with van der Waals surface area (Å²) in [5.41, 5.74) is -0.763. The van der Waals surface area contributed by atoms with E-state index in [-0.39, 0.29) is 17.2 Å². The number of aryl methyl sites for hydroxylation is 1. The second-order valence-electron chi connectivity index (χ2n) is 6.55. The minimum Gasteiger partial charge on any atom is -0.362 e. The summed E-state index contributed by atoms with van der Waals surface area (Å²) in [6.07, 6.45) is -2.20. The van der Waals surface area contributed by atoms with E-state index in [4.69, 9.17) is 4.52 Å². The molecule has 0 spiro atoms. The first kappa shape index (κ1) is 14.8. The van der Waals surface area contributed by atoms with Crippen LogP contribution in [0.4, 0.5) is 19.0 Å². The summed E-state index contributed by atoms with van der Waals surface area (Å²) >= 11 is 0. The molecule has 1 aromatic carbocycles. The number of nitrogens with one attached hydrogen (secondary N) is 1. The van der Waals surface area contributed by atoms with Gasteiger partial charge >= 0.3 is 6.18 Å².